The Balaban J connectivity index is 0.000000631. The van der Waals surface area contributed by atoms with E-state index in [2.05, 4.69) is 0 Å². The lowest BCUT2D eigenvalue weighted by atomic mass is 10.2. The smallest absolute Gasteiger partial charge is 0.503 e. The van der Waals surface area contributed by atoms with Crippen LogP contribution in [0.3, 0.4) is 0 Å². The summed E-state index contributed by atoms with van der Waals surface area (Å²) in [7, 11) is 0. The first-order chi connectivity index (χ1) is 8.49. The average molecular weight is 256 g/mol. The highest BCUT2D eigenvalue weighted by Gasteiger charge is 2.10. The van der Waals surface area contributed by atoms with Crippen LogP contribution in [-0.4, -0.2) is 34.1 Å². The van der Waals surface area contributed by atoms with Gasteiger partial charge in [-0.05, 0) is 18.6 Å². The van der Waals surface area contributed by atoms with Crippen LogP contribution in [0, 0.1) is 0 Å². The fraction of sp³-hybridized carbons (Fsp3) is 0.333. The van der Waals surface area contributed by atoms with Crippen molar-refractivity contribution in [1.82, 2.24) is 0 Å². The molecule has 1 aromatic rings. The number of esters is 1. The number of ether oxygens (including phenoxy) is 1. The SMILES string of the molecule is CCCCOC(=O)c1ccccc1O.O=C(O)O. The van der Waals surface area contributed by atoms with Crippen molar-refractivity contribution in [1.29, 1.82) is 0 Å². The first-order valence-corrected chi connectivity index (χ1v) is 5.36. The summed E-state index contributed by atoms with van der Waals surface area (Å²) in [4.78, 5) is 19.9. The second kappa shape index (κ2) is 8.86. The molecule has 6 heteroatoms. The summed E-state index contributed by atoms with van der Waals surface area (Å²) in [5.41, 5.74) is 0.226. The van der Waals surface area contributed by atoms with Crippen molar-refractivity contribution >= 4 is 12.1 Å². The molecule has 0 unspecified atom stereocenters. The molecule has 0 aliphatic carbocycles. The van der Waals surface area contributed by atoms with Gasteiger partial charge in [-0.2, -0.15) is 0 Å². The number of phenols is 1. The van der Waals surface area contributed by atoms with E-state index >= 15 is 0 Å². The van der Waals surface area contributed by atoms with Crippen molar-refractivity contribution < 1.29 is 29.6 Å². The molecule has 100 valence electrons. The number of rotatable bonds is 4. The third-order valence-corrected chi connectivity index (χ3v) is 1.86. The van der Waals surface area contributed by atoms with E-state index in [4.69, 9.17) is 19.7 Å². The van der Waals surface area contributed by atoms with Crippen LogP contribution >= 0.6 is 0 Å². The first kappa shape index (κ1) is 15.8. The van der Waals surface area contributed by atoms with Crippen molar-refractivity contribution in [3.8, 4) is 5.75 Å². The Bertz CT molecular complexity index is 384. The molecule has 0 amide bonds. The van der Waals surface area contributed by atoms with Crippen molar-refractivity contribution in [2.45, 2.75) is 19.8 Å². The molecule has 3 N–H and O–H groups in total. The van der Waals surface area contributed by atoms with Gasteiger partial charge in [0.2, 0.25) is 0 Å². The van der Waals surface area contributed by atoms with Gasteiger partial charge in [0.25, 0.3) is 0 Å². The van der Waals surface area contributed by atoms with E-state index in [-0.39, 0.29) is 11.3 Å². The molecule has 0 saturated heterocycles. The van der Waals surface area contributed by atoms with Crippen molar-refractivity contribution in [3.63, 3.8) is 0 Å². The van der Waals surface area contributed by atoms with Crippen molar-refractivity contribution in [2.24, 2.45) is 0 Å². The molecule has 0 aliphatic heterocycles. The predicted molar refractivity (Wildman–Crippen MR) is 64.0 cm³/mol. The monoisotopic (exact) mass is 256 g/mol. The Kier molecular flexibility index (Phi) is 7.76. The van der Waals surface area contributed by atoms with Gasteiger partial charge in [0.1, 0.15) is 11.3 Å². The Labute approximate surface area is 104 Å². The van der Waals surface area contributed by atoms with Crippen LogP contribution in [0.15, 0.2) is 24.3 Å². The fourth-order valence-corrected chi connectivity index (χ4v) is 1.03. The Morgan fingerprint density at radius 1 is 1.22 bits per heavy atom. The van der Waals surface area contributed by atoms with Gasteiger partial charge in [-0.15, -0.1) is 0 Å². The average Bonchev–Trinajstić information content (AvgIpc) is 2.29. The van der Waals surface area contributed by atoms with Gasteiger partial charge < -0.3 is 20.1 Å². The molecule has 0 saturated carbocycles. The number of hydrogen-bond acceptors (Lipinski definition) is 4. The topological polar surface area (TPSA) is 104 Å². The van der Waals surface area contributed by atoms with Gasteiger partial charge in [-0.3, -0.25) is 0 Å². The zero-order valence-corrected chi connectivity index (χ0v) is 10.00. The van der Waals surface area contributed by atoms with Crippen molar-refractivity contribution in [2.75, 3.05) is 6.61 Å². The molecule has 18 heavy (non-hydrogen) atoms. The van der Waals surface area contributed by atoms with E-state index in [0.717, 1.165) is 12.8 Å². The number of aromatic hydroxyl groups is 1. The molecule has 0 heterocycles. The van der Waals surface area contributed by atoms with Crippen LogP contribution < -0.4 is 0 Å². The maximum Gasteiger partial charge on any atom is 0.503 e. The standard InChI is InChI=1S/C11H14O3.CH2O3/c1-2-3-8-14-11(13)9-6-4-5-7-10(9)12;2-1(3)4/h4-7,12H,2-3,8H2,1H3;(H2,2,3,4). The molecule has 6 nitrogen and oxygen atoms in total. The Morgan fingerprint density at radius 2 is 1.78 bits per heavy atom. The van der Waals surface area contributed by atoms with E-state index in [1.807, 2.05) is 6.92 Å². The zero-order valence-electron chi connectivity index (χ0n) is 10.00. The number of carbonyl (C=O) groups excluding carboxylic acids is 1. The van der Waals surface area contributed by atoms with Crippen LogP contribution in [0.2, 0.25) is 0 Å². The number of unbranched alkanes of at least 4 members (excludes halogenated alkanes) is 1. The minimum Gasteiger partial charge on any atom is -0.507 e. The lowest BCUT2D eigenvalue weighted by Crippen LogP contribution is -2.06. The quantitative estimate of drug-likeness (QED) is 0.565. The summed E-state index contributed by atoms with van der Waals surface area (Å²) in [6, 6.07) is 6.37. The van der Waals surface area contributed by atoms with E-state index in [0.29, 0.717) is 6.61 Å². The third kappa shape index (κ3) is 7.10. The van der Waals surface area contributed by atoms with E-state index in [9.17, 15) is 9.90 Å². The minimum absolute atomic E-state index is 0.0333. The summed E-state index contributed by atoms with van der Waals surface area (Å²) in [6.07, 6.45) is -0.00656. The highest BCUT2D eigenvalue weighted by Crippen LogP contribution is 2.16. The van der Waals surface area contributed by atoms with Crippen LogP contribution in [0.4, 0.5) is 4.79 Å². The van der Waals surface area contributed by atoms with Gasteiger partial charge in [0, 0.05) is 0 Å². The molecular formula is C12H16O6. The number of hydrogen-bond donors (Lipinski definition) is 3. The molecule has 0 atom stereocenters. The van der Waals surface area contributed by atoms with Crippen LogP contribution in [-0.2, 0) is 4.74 Å². The minimum atomic E-state index is -1.83. The Morgan fingerprint density at radius 3 is 2.28 bits per heavy atom. The number of carbonyl (C=O) groups is 2. The Hall–Kier alpha value is -2.24. The molecule has 0 spiro atoms. The molecule has 0 bridgehead atoms. The predicted octanol–water partition coefficient (Wildman–Crippen LogP) is 2.57. The lowest BCUT2D eigenvalue weighted by Gasteiger charge is -2.04. The number of phenolic OH excluding ortho intramolecular Hbond substituents is 1. The number of benzene rings is 1. The van der Waals surface area contributed by atoms with Crippen molar-refractivity contribution in [3.05, 3.63) is 29.8 Å². The van der Waals surface area contributed by atoms with E-state index < -0.39 is 12.1 Å². The molecule has 0 fully saturated rings. The third-order valence-electron chi connectivity index (χ3n) is 1.86. The highest BCUT2D eigenvalue weighted by atomic mass is 16.6. The summed E-state index contributed by atoms with van der Waals surface area (Å²) in [6.45, 7) is 2.43. The largest absolute Gasteiger partial charge is 0.507 e. The van der Waals surface area contributed by atoms with Crippen LogP contribution in [0.5, 0.6) is 5.75 Å². The van der Waals surface area contributed by atoms with Gasteiger partial charge in [-0.1, -0.05) is 25.5 Å². The van der Waals surface area contributed by atoms with Gasteiger partial charge >= 0.3 is 12.1 Å². The van der Waals surface area contributed by atoms with Gasteiger partial charge in [0.05, 0.1) is 6.61 Å². The first-order valence-electron chi connectivity index (χ1n) is 5.36. The zero-order chi connectivity index (χ0) is 14.0. The summed E-state index contributed by atoms with van der Waals surface area (Å²) in [5, 5.41) is 23.3. The van der Waals surface area contributed by atoms with Gasteiger partial charge in [-0.25, -0.2) is 9.59 Å². The molecule has 0 aliphatic rings. The molecule has 0 radical (unpaired) electrons. The molecule has 1 aromatic carbocycles. The second-order valence-electron chi connectivity index (χ2n) is 3.29. The molecule has 0 aromatic heterocycles. The maximum absolute atomic E-state index is 11.4. The second-order valence-corrected chi connectivity index (χ2v) is 3.29. The van der Waals surface area contributed by atoms with Crippen LogP contribution in [0.25, 0.3) is 0 Å². The van der Waals surface area contributed by atoms with E-state index in [1.54, 1.807) is 18.2 Å². The highest BCUT2D eigenvalue weighted by molar-refractivity contribution is 5.92. The number of carboxylic acid groups (broad SMARTS) is 2. The summed E-state index contributed by atoms with van der Waals surface area (Å²) in [5.74, 6) is -0.495. The van der Waals surface area contributed by atoms with Crippen LogP contribution in [0.1, 0.15) is 30.1 Å². The normalized spacial score (nSPS) is 8.94. The number of para-hydroxylation sites is 1. The summed E-state index contributed by atoms with van der Waals surface area (Å²) < 4.78 is 4.95. The summed E-state index contributed by atoms with van der Waals surface area (Å²) >= 11 is 0. The molecule has 1 rings (SSSR count). The van der Waals surface area contributed by atoms with Gasteiger partial charge in [0.15, 0.2) is 0 Å². The fourth-order valence-electron chi connectivity index (χ4n) is 1.03. The maximum atomic E-state index is 11.4. The lowest BCUT2D eigenvalue weighted by molar-refractivity contribution is 0.0496. The van der Waals surface area contributed by atoms with E-state index in [1.165, 1.54) is 6.07 Å². The molecular weight excluding hydrogens is 240 g/mol.